The van der Waals surface area contributed by atoms with Gasteiger partial charge < -0.3 is 0 Å². The second-order valence-corrected chi connectivity index (χ2v) is 8.13. The van der Waals surface area contributed by atoms with E-state index in [0.29, 0.717) is 0 Å². The van der Waals surface area contributed by atoms with Crippen molar-refractivity contribution in [3.8, 4) is 0 Å². The average molecular weight is 333 g/mol. The highest BCUT2D eigenvalue weighted by molar-refractivity contribution is 4.97. The van der Waals surface area contributed by atoms with Gasteiger partial charge in [0.1, 0.15) is 0 Å². The molecule has 1 unspecified atom stereocenters. The van der Waals surface area contributed by atoms with E-state index in [1.165, 1.54) is 88.2 Å². The Morgan fingerprint density at radius 2 is 1.62 bits per heavy atom. The van der Waals surface area contributed by atoms with Crippen molar-refractivity contribution in [1.82, 2.24) is 0 Å². The maximum absolute atomic E-state index is 4.31. The number of unbranched alkanes of at least 4 members (excludes halogenated alkanes) is 4. The highest BCUT2D eigenvalue weighted by Crippen LogP contribution is 2.22. The summed E-state index contributed by atoms with van der Waals surface area (Å²) in [4.78, 5) is 0. The summed E-state index contributed by atoms with van der Waals surface area (Å²) in [5.74, 6) is 1.62. The van der Waals surface area contributed by atoms with Gasteiger partial charge in [0, 0.05) is 0 Å². The van der Waals surface area contributed by atoms with E-state index in [9.17, 15) is 0 Å². The van der Waals surface area contributed by atoms with Gasteiger partial charge in [-0.05, 0) is 70.1 Å². The number of allylic oxidation sites excluding steroid dienone is 4. The van der Waals surface area contributed by atoms with Gasteiger partial charge in [-0.1, -0.05) is 76.3 Å². The molecule has 140 valence electrons. The maximum Gasteiger partial charge on any atom is -0.0292 e. The van der Waals surface area contributed by atoms with E-state index in [-0.39, 0.29) is 0 Å². The van der Waals surface area contributed by atoms with Crippen LogP contribution >= 0.6 is 0 Å². The molecule has 0 heteroatoms. The Bertz CT molecular complexity index is 345. The molecular formula is C24H44. The van der Waals surface area contributed by atoms with Crippen molar-refractivity contribution in [3.63, 3.8) is 0 Å². The van der Waals surface area contributed by atoms with E-state index in [0.717, 1.165) is 11.8 Å². The maximum atomic E-state index is 4.31. The topological polar surface area (TPSA) is 0 Å². The molecule has 0 rings (SSSR count). The number of hydrogen-bond acceptors (Lipinski definition) is 0. The molecule has 0 aliphatic rings. The molecule has 0 aromatic carbocycles. The van der Waals surface area contributed by atoms with Crippen LogP contribution in [0.15, 0.2) is 36.5 Å². The third kappa shape index (κ3) is 16.1. The second kappa shape index (κ2) is 15.7. The van der Waals surface area contributed by atoms with E-state index in [1.807, 2.05) is 0 Å². The summed E-state index contributed by atoms with van der Waals surface area (Å²) in [5.41, 5.74) is 2.79. The molecule has 0 aliphatic carbocycles. The molecule has 0 N–H and O–H groups in total. The van der Waals surface area contributed by atoms with Crippen LogP contribution in [0.25, 0.3) is 0 Å². The van der Waals surface area contributed by atoms with Crippen LogP contribution in [0.4, 0.5) is 0 Å². The normalized spacial score (nSPS) is 12.9. The second-order valence-electron chi connectivity index (χ2n) is 8.13. The summed E-state index contributed by atoms with van der Waals surface area (Å²) in [5, 5.41) is 0. The zero-order valence-electron chi connectivity index (χ0n) is 17.2. The molecule has 24 heavy (non-hydrogen) atoms. The third-order valence-corrected chi connectivity index (χ3v) is 4.83. The molecule has 0 fully saturated rings. The predicted molar refractivity (Wildman–Crippen MR) is 113 cm³/mol. The molecule has 0 radical (unpaired) electrons. The Hall–Kier alpha value is -0.780. The summed E-state index contributed by atoms with van der Waals surface area (Å²) in [6.07, 6.45) is 20.2. The minimum absolute atomic E-state index is 0.795. The summed E-state index contributed by atoms with van der Waals surface area (Å²) >= 11 is 0. The van der Waals surface area contributed by atoms with Crippen LogP contribution < -0.4 is 0 Å². The largest absolute Gasteiger partial charge is 0.100 e. The number of hydrogen-bond donors (Lipinski definition) is 0. The van der Waals surface area contributed by atoms with Crippen molar-refractivity contribution < 1.29 is 0 Å². The van der Waals surface area contributed by atoms with Gasteiger partial charge in [0.15, 0.2) is 0 Å². The fourth-order valence-corrected chi connectivity index (χ4v) is 3.11. The van der Waals surface area contributed by atoms with Crippen LogP contribution in [0.2, 0.25) is 0 Å². The summed E-state index contributed by atoms with van der Waals surface area (Å²) in [7, 11) is 0. The van der Waals surface area contributed by atoms with Crippen LogP contribution in [-0.4, -0.2) is 0 Å². The quantitative estimate of drug-likeness (QED) is 0.196. The fourth-order valence-electron chi connectivity index (χ4n) is 3.11. The Labute approximate surface area is 153 Å². The first-order valence-electron chi connectivity index (χ1n) is 10.4. The Balaban J connectivity index is 3.69. The molecule has 0 aromatic heterocycles. The van der Waals surface area contributed by atoms with E-state index in [1.54, 1.807) is 0 Å². The van der Waals surface area contributed by atoms with E-state index in [4.69, 9.17) is 0 Å². The molecular weight excluding hydrogens is 288 g/mol. The molecule has 0 saturated carbocycles. The van der Waals surface area contributed by atoms with Gasteiger partial charge in [0.05, 0.1) is 0 Å². The lowest BCUT2D eigenvalue weighted by atomic mass is 9.91. The predicted octanol–water partition coefficient (Wildman–Crippen LogP) is 8.65. The SMILES string of the molecule is C=C(C)CCCCCCC=CCC(CC)CC(=C)CCCC(C)C. The number of rotatable bonds is 16. The molecule has 0 amide bonds. The van der Waals surface area contributed by atoms with Crippen LogP contribution in [-0.2, 0) is 0 Å². The average Bonchev–Trinajstić information content (AvgIpc) is 2.51. The van der Waals surface area contributed by atoms with Crippen LogP contribution in [0.3, 0.4) is 0 Å². The van der Waals surface area contributed by atoms with Crippen molar-refractivity contribution in [2.75, 3.05) is 0 Å². The Kier molecular flexibility index (Phi) is 15.2. The zero-order chi connectivity index (χ0) is 18.2. The lowest BCUT2D eigenvalue weighted by Crippen LogP contribution is -2.00. The molecule has 0 aliphatic heterocycles. The zero-order valence-corrected chi connectivity index (χ0v) is 17.2. The molecule has 1 atom stereocenters. The third-order valence-electron chi connectivity index (χ3n) is 4.83. The van der Waals surface area contributed by atoms with Crippen molar-refractivity contribution in [2.45, 2.75) is 105 Å². The molecule has 0 bridgehead atoms. The summed E-state index contributed by atoms with van der Waals surface area (Å²) < 4.78 is 0. The standard InChI is InChI=1S/C24H44/c1-7-24(20-23(6)18-15-17-22(4)5)19-14-12-10-8-9-11-13-16-21(2)3/h12,14,22,24H,2,6-11,13,15-20H2,1,3-5H3. The minimum Gasteiger partial charge on any atom is -0.100 e. The van der Waals surface area contributed by atoms with Gasteiger partial charge in [-0.2, -0.15) is 0 Å². The van der Waals surface area contributed by atoms with Gasteiger partial charge in [-0.25, -0.2) is 0 Å². The van der Waals surface area contributed by atoms with Gasteiger partial charge in [-0.15, -0.1) is 6.58 Å². The molecule has 0 nitrogen and oxygen atoms in total. The minimum atomic E-state index is 0.795. The highest BCUT2D eigenvalue weighted by Gasteiger charge is 2.07. The van der Waals surface area contributed by atoms with E-state index in [2.05, 4.69) is 53.0 Å². The van der Waals surface area contributed by atoms with Crippen LogP contribution in [0.5, 0.6) is 0 Å². The van der Waals surface area contributed by atoms with E-state index >= 15 is 0 Å². The van der Waals surface area contributed by atoms with Crippen molar-refractivity contribution in [2.24, 2.45) is 11.8 Å². The summed E-state index contributed by atoms with van der Waals surface area (Å²) in [6.45, 7) is 17.3. The van der Waals surface area contributed by atoms with Crippen LogP contribution in [0, 0.1) is 11.8 Å². The van der Waals surface area contributed by atoms with Crippen LogP contribution in [0.1, 0.15) is 105 Å². The first-order chi connectivity index (χ1) is 11.5. The first-order valence-corrected chi connectivity index (χ1v) is 10.4. The van der Waals surface area contributed by atoms with Gasteiger partial charge in [0.25, 0.3) is 0 Å². The first kappa shape index (κ1) is 23.2. The van der Waals surface area contributed by atoms with Gasteiger partial charge in [0.2, 0.25) is 0 Å². The summed E-state index contributed by atoms with van der Waals surface area (Å²) in [6, 6.07) is 0. The smallest absolute Gasteiger partial charge is 0.0292 e. The molecule has 0 spiro atoms. The van der Waals surface area contributed by atoms with Crippen molar-refractivity contribution >= 4 is 0 Å². The lowest BCUT2D eigenvalue weighted by Gasteiger charge is -2.15. The lowest BCUT2D eigenvalue weighted by molar-refractivity contribution is 0.491. The van der Waals surface area contributed by atoms with E-state index < -0.39 is 0 Å². The molecule has 0 saturated heterocycles. The fraction of sp³-hybridized carbons (Fsp3) is 0.750. The van der Waals surface area contributed by atoms with Crippen molar-refractivity contribution in [3.05, 3.63) is 36.5 Å². The van der Waals surface area contributed by atoms with Crippen molar-refractivity contribution in [1.29, 1.82) is 0 Å². The highest BCUT2D eigenvalue weighted by atomic mass is 14.1. The van der Waals surface area contributed by atoms with Gasteiger partial charge >= 0.3 is 0 Å². The molecule has 0 aromatic rings. The Morgan fingerprint density at radius 3 is 2.25 bits per heavy atom. The monoisotopic (exact) mass is 332 g/mol. The molecule has 0 heterocycles. The Morgan fingerprint density at radius 1 is 0.917 bits per heavy atom. The van der Waals surface area contributed by atoms with Gasteiger partial charge in [-0.3, -0.25) is 0 Å².